The Hall–Kier alpha value is -4.03. The molecule has 1 aromatic heterocycles. The smallest absolute Gasteiger partial charge is 0.397 e. The quantitative estimate of drug-likeness (QED) is 0.226. The van der Waals surface area contributed by atoms with Gasteiger partial charge in [-0.1, -0.05) is 6.07 Å². The first-order valence-corrected chi connectivity index (χ1v) is 12.2. The predicted octanol–water partition coefficient (Wildman–Crippen LogP) is 3.91. The minimum absolute atomic E-state index is 0.103. The Morgan fingerprint density at radius 2 is 1.85 bits per heavy atom. The van der Waals surface area contributed by atoms with Crippen LogP contribution in [-0.2, 0) is 19.8 Å². The minimum Gasteiger partial charge on any atom is -0.397 e. The number of hydrazine groups is 1. The zero-order valence-corrected chi connectivity index (χ0v) is 22.7. The van der Waals surface area contributed by atoms with Crippen LogP contribution in [0.4, 0.5) is 24.5 Å². The van der Waals surface area contributed by atoms with Crippen LogP contribution in [0.2, 0.25) is 0 Å². The van der Waals surface area contributed by atoms with Crippen LogP contribution in [0.15, 0.2) is 48.8 Å². The van der Waals surface area contributed by atoms with E-state index in [1.165, 1.54) is 11.1 Å². The Bertz CT molecular complexity index is 1350. The summed E-state index contributed by atoms with van der Waals surface area (Å²) in [5.41, 5.74) is 9.76. The number of alkyl halides is 3. The van der Waals surface area contributed by atoms with Crippen molar-refractivity contribution in [2.75, 3.05) is 37.8 Å². The van der Waals surface area contributed by atoms with Crippen molar-refractivity contribution in [1.82, 2.24) is 19.7 Å². The summed E-state index contributed by atoms with van der Waals surface area (Å²) < 4.78 is 41.9. The minimum atomic E-state index is -4.58. The zero-order valence-electron chi connectivity index (χ0n) is 22.7. The van der Waals surface area contributed by atoms with E-state index in [-0.39, 0.29) is 12.1 Å². The van der Waals surface area contributed by atoms with Crippen molar-refractivity contribution in [2.45, 2.75) is 26.6 Å². The summed E-state index contributed by atoms with van der Waals surface area (Å²) in [6, 6.07) is 8.33. The summed E-state index contributed by atoms with van der Waals surface area (Å²) in [5.74, 6) is 5.54. The first kappa shape index (κ1) is 29.5. The van der Waals surface area contributed by atoms with E-state index in [9.17, 15) is 18.0 Å². The summed E-state index contributed by atoms with van der Waals surface area (Å²) in [6.07, 6.45) is -1.32. The van der Waals surface area contributed by atoms with E-state index in [1.54, 1.807) is 35.3 Å². The van der Waals surface area contributed by atoms with Crippen molar-refractivity contribution in [3.63, 3.8) is 0 Å². The molecule has 3 rings (SSSR count). The van der Waals surface area contributed by atoms with Gasteiger partial charge in [0.1, 0.15) is 0 Å². The van der Waals surface area contributed by atoms with E-state index in [1.807, 2.05) is 39.9 Å². The third-order valence-corrected chi connectivity index (χ3v) is 6.28. The molecule has 2 aromatic carbocycles. The largest absolute Gasteiger partial charge is 0.416 e. The number of carbonyl (C=O) groups is 1. The standard InChI is InChI=1S/C27H35F3N8O/c1-17-6-8-21(12-19(17)15-38(32)16-24(31)23-14-34-37(5)18(23)2)35-26(39)22-13-20(27(28,29)30)7-9-25(22)33-10-11-36(3)4/h6-9,12-14,16,33H,10-11,15,31-32H2,1-5H3,(H,35,39)/b24-16-. The fourth-order valence-corrected chi connectivity index (χ4v) is 3.87. The summed E-state index contributed by atoms with van der Waals surface area (Å²) in [6.45, 7) is 5.16. The second-order valence-corrected chi connectivity index (χ2v) is 9.61. The number of nitrogens with zero attached hydrogens (tertiary/aromatic N) is 4. The third kappa shape index (κ3) is 7.74. The molecule has 0 saturated carbocycles. The van der Waals surface area contributed by atoms with Gasteiger partial charge in [0.2, 0.25) is 0 Å². The third-order valence-electron chi connectivity index (χ3n) is 6.28. The first-order valence-electron chi connectivity index (χ1n) is 12.2. The highest BCUT2D eigenvalue weighted by molar-refractivity contribution is 6.08. The summed E-state index contributed by atoms with van der Waals surface area (Å²) in [7, 11) is 5.57. The van der Waals surface area contributed by atoms with Gasteiger partial charge in [0.15, 0.2) is 0 Å². The second-order valence-electron chi connectivity index (χ2n) is 9.61. The Balaban J connectivity index is 1.81. The van der Waals surface area contributed by atoms with Gasteiger partial charge in [-0.25, -0.2) is 5.84 Å². The number of carbonyl (C=O) groups excluding carboxylic acids is 1. The SMILES string of the molecule is Cc1ccc(NC(=O)c2cc(C(F)(F)F)ccc2NCCN(C)C)cc1CN(N)/C=C(\N)c1cnn(C)c1C. The molecule has 0 atom stereocenters. The highest BCUT2D eigenvalue weighted by atomic mass is 19.4. The topological polar surface area (TPSA) is 117 Å². The first-order chi connectivity index (χ1) is 18.3. The van der Waals surface area contributed by atoms with Crippen molar-refractivity contribution in [3.05, 3.63) is 82.3 Å². The molecule has 0 spiro atoms. The Kier molecular flexibility index (Phi) is 9.25. The van der Waals surface area contributed by atoms with Crippen molar-refractivity contribution in [1.29, 1.82) is 0 Å². The number of halogens is 3. The summed E-state index contributed by atoms with van der Waals surface area (Å²) >= 11 is 0. The Morgan fingerprint density at radius 1 is 1.13 bits per heavy atom. The van der Waals surface area contributed by atoms with E-state index >= 15 is 0 Å². The van der Waals surface area contributed by atoms with Crippen LogP contribution in [0.1, 0.15) is 38.3 Å². The van der Waals surface area contributed by atoms with Gasteiger partial charge in [0.25, 0.3) is 5.91 Å². The lowest BCUT2D eigenvalue weighted by molar-refractivity contribution is -0.137. The molecule has 39 heavy (non-hydrogen) atoms. The molecule has 210 valence electrons. The summed E-state index contributed by atoms with van der Waals surface area (Å²) in [4.78, 5) is 15.1. The van der Waals surface area contributed by atoms with E-state index in [0.29, 0.717) is 30.2 Å². The molecule has 0 fully saturated rings. The molecule has 0 unspecified atom stereocenters. The number of anilines is 2. The van der Waals surface area contributed by atoms with Gasteiger partial charge in [-0.3, -0.25) is 9.48 Å². The molecule has 0 aliphatic heterocycles. The van der Waals surface area contributed by atoms with Crippen LogP contribution in [0.25, 0.3) is 5.70 Å². The molecule has 12 heteroatoms. The zero-order chi connectivity index (χ0) is 28.9. The van der Waals surface area contributed by atoms with Crippen LogP contribution in [0.5, 0.6) is 0 Å². The number of aromatic nitrogens is 2. The molecule has 9 nitrogen and oxygen atoms in total. The molecule has 0 aliphatic rings. The maximum Gasteiger partial charge on any atom is 0.416 e. The van der Waals surface area contributed by atoms with Crippen LogP contribution in [-0.4, -0.2) is 52.8 Å². The summed E-state index contributed by atoms with van der Waals surface area (Å²) in [5, 5.41) is 11.4. The number of rotatable bonds is 10. The molecule has 1 amide bonds. The van der Waals surface area contributed by atoms with Gasteiger partial charge in [0, 0.05) is 49.0 Å². The monoisotopic (exact) mass is 544 g/mol. The highest BCUT2D eigenvalue weighted by Crippen LogP contribution is 2.32. The number of nitrogens with two attached hydrogens (primary N) is 2. The molecular weight excluding hydrogens is 509 g/mol. The number of hydrogen-bond acceptors (Lipinski definition) is 7. The number of likely N-dealkylation sites (N-methyl/N-ethyl adjacent to an activating group) is 1. The Morgan fingerprint density at radius 3 is 2.46 bits per heavy atom. The van der Waals surface area contributed by atoms with Gasteiger partial charge in [-0.15, -0.1) is 0 Å². The maximum atomic E-state index is 13.4. The lowest BCUT2D eigenvalue weighted by atomic mass is 10.1. The molecule has 0 bridgehead atoms. The van der Waals surface area contributed by atoms with Crippen molar-refractivity contribution >= 4 is 23.0 Å². The molecule has 0 saturated heterocycles. The maximum absolute atomic E-state index is 13.4. The average molecular weight is 545 g/mol. The van der Waals surface area contributed by atoms with Crippen molar-refractivity contribution in [3.8, 4) is 0 Å². The van der Waals surface area contributed by atoms with Crippen LogP contribution in [0.3, 0.4) is 0 Å². The predicted molar refractivity (Wildman–Crippen MR) is 147 cm³/mol. The van der Waals surface area contributed by atoms with Gasteiger partial charge in [0.05, 0.1) is 29.6 Å². The van der Waals surface area contributed by atoms with Gasteiger partial charge in [-0.05, 0) is 69.4 Å². The van der Waals surface area contributed by atoms with Gasteiger partial charge >= 0.3 is 6.18 Å². The number of nitrogens with one attached hydrogen (secondary N) is 2. The van der Waals surface area contributed by atoms with E-state index in [2.05, 4.69) is 15.7 Å². The number of benzene rings is 2. The lowest BCUT2D eigenvalue weighted by Gasteiger charge is -2.19. The average Bonchev–Trinajstić information content (AvgIpc) is 3.18. The second kappa shape index (κ2) is 12.2. The molecule has 0 aliphatic carbocycles. The van der Waals surface area contributed by atoms with Crippen LogP contribution in [0, 0.1) is 13.8 Å². The Labute approximate surface area is 226 Å². The lowest BCUT2D eigenvalue weighted by Crippen LogP contribution is -2.26. The number of hydrogen-bond donors (Lipinski definition) is 4. The number of amides is 1. The van der Waals surface area contributed by atoms with Crippen molar-refractivity contribution in [2.24, 2.45) is 18.6 Å². The normalized spacial score (nSPS) is 12.1. The van der Waals surface area contributed by atoms with Gasteiger partial charge in [-0.2, -0.15) is 18.3 Å². The fraction of sp³-hybridized carbons (Fsp3) is 0.333. The number of aryl methyl sites for hydroxylation is 2. The van der Waals surface area contributed by atoms with E-state index in [0.717, 1.165) is 34.5 Å². The molecule has 6 N–H and O–H groups in total. The molecule has 1 heterocycles. The van der Waals surface area contributed by atoms with Crippen LogP contribution >= 0.6 is 0 Å². The fourth-order valence-electron chi connectivity index (χ4n) is 3.87. The molecule has 3 aromatic rings. The van der Waals surface area contributed by atoms with Crippen LogP contribution < -0.4 is 22.2 Å². The molecular formula is C27H35F3N8O. The van der Waals surface area contributed by atoms with E-state index in [4.69, 9.17) is 11.6 Å². The molecule has 0 radical (unpaired) electrons. The van der Waals surface area contributed by atoms with Crippen molar-refractivity contribution < 1.29 is 18.0 Å². The van der Waals surface area contributed by atoms with E-state index < -0.39 is 17.6 Å². The highest BCUT2D eigenvalue weighted by Gasteiger charge is 2.32. The van der Waals surface area contributed by atoms with Gasteiger partial charge < -0.3 is 26.3 Å².